The molecule has 0 aliphatic carbocycles. The molecule has 7 nitrogen and oxygen atoms in total. The Kier molecular flexibility index (Phi) is 5.64. The molecular formula is C23H21F3N6OS. The van der Waals surface area contributed by atoms with Crippen LogP contribution < -0.4 is 10.6 Å². The summed E-state index contributed by atoms with van der Waals surface area (Å²) in [5.74, 6) is -0.233. The molecule has 1 amide bonds. The van der Waals surface area contributed by atoms with Crippen molar-refractivity contribution in [3.8, 4) is 0 Å². The zero-order chi connectivity index (χ0) is 23.9. The van der Waals surface area contributed by atoms with E-state index in [2.05, 4.69) is 20.8 Å². The van der Waals surface area contributed by atoms with Crippen LogP contribution in [-0.2, 0) is 6.54 Å². The lowest BCUT2D eigenvalue weighted by atomic mass is 10.0. The maximum absolute atomic E-state index is 13.8. The van der Waals surface area contributed by atoms with E-state index in [0.717, 1.165) is 26.9 Å². The van der Waals surface area contributed by atoms with Gasteiger partial charge in [0.15, 0.2) is 11.9 Å². The highest BCUT2D eigenvalue weighted by Gasteiger charge is 2.47. The van der Waals surface area contributed by atoms with Crippen molar-refractivity contribution in [1.29, 1.82) is 0 Å². The summed E-state index contributed by atoms with van der Waals surface area (Å²) in [4.78, 5) is 13.8. The smallest absolute Gasteiger partial charge is 0.362 e. The number of benzene rings is 1. The highest BCUT2D eigenvalue weighted by Crippen LogP contribution is 2.45. The summed E-state index contributed by atoms with van der Waals surface area (Å²) in [6.45, 7) is 2.54. The predicted molar refractivity (Wildman–Crippen MR) is 123 cm³/mol. The number of hydrogen-bond acceptors (Lipinski definition) is 5. The molecule has 0 saturated heterocycles. The second-order valence-electron chi connectivity index (χ2n) is 8.14. The number of aryl methyl sites for hydroxylation is 1. The minimum Gasteiger partial charge on any atom is -0.362 e. The van der Waals surface area contributed by atoms with E-state index in [-0.39, 0.29) is 17.8 Å². The molecule has 2 atom stereocenters. The minimum absolute atomic E-state index is 0.0314. The normalized spacial score (nSPS) is 17.8. The van der Waals surface area contributed by atoms with Gasteiger partial charge in [0.25, 0.3) is 5.91 Å². The molecule has 3 aromatic heterocycles. The number of rotatable bonds is 5. The molecule has 4 heterocycles. The van der Waals surface area contributed by atoms with Crippen LogP contribution in [0.5, 0.6) is 0 Å². The van der Waals surface area contributed by atoms with Crippen molar-refractivity contribution < 1.29 is 18.0 Å². The number of amides is 1. The van der Waals surface area contributed by atoms with E-state index in [0.29, 0.717) is 12.4 Å². The molecule has 0 spiro atoms. The number of alkyl halides is 3. The monoisotopic (exact) mass is 486 g/mol. The van der Waals surface area contributed by atoms with Gasteiger partial charge in [0.1, 0.15) is 11.4 Å². The van der Waals surface area contributed by atoms with Crippen LogP contribution in [0.1, 0.15) is 44.9 Å². The second kappa shape index (κ2) is 8.64. The Bertz CT molecular complexity index is 1310. The van der Waals surface area contributed by atoms with Crippen molar-refractivity contribution in [3.63, 3.8) is 0 Å². The summed E-state index contributed by atoms with van der Waals surface area (Å²) in [5.41, 5.74) is 2.25. The van der Waals surface area contributed by atoms with Gasteiger partial charge in [0, 0.05) is 23.6 Å². The predicted octanol–water partition coefficient (Wildman–Crippen LogP) is 5.41. The fourth-order valence-electron chi connectivity index (χ4n) is 4.07. The van der Waals surface area contributed by atoms with E-state index in [4.69, 9.17) is 0 Å². The van der Waals surface area contributed by atoms with E-state index < -0.39 is 24.2 Å². The topological polar surface area (TPSA) is 76.8 Å². The van der Waals surface area contributed by atoms with Gasteiger partial charge in [0.2, 0.25) is 0 Å². The van der Waals surface area contributed by atoms with Gasteiger partial charge in [-0.1, -0.05) is 30.3 Å². The number of nitrogens with zero attached hydrogens (tertiary/aromatic N) is 4. The number of nitrogens with one attached hydrogen (secondary N) is 2. The molecule has 11 heteroatoms. The fourth-order valence-corrected chi connectivity index (χ4v) is 4.86. The average molecular weight is 487 g/mol. The lowest BCUT2D eigenvalue weighted by Crippen LogP contribution is -2.36. The van der Waals surface area contributed by atoms with Crippen LogP contribution in [0.25, 0.3) is 0 Å². The third-order valence-electron chi connectivity index (χ3n) is 5.85. The number of carbonyl (C=O) groups is 1. The van der Waals surface area contributed by atoms with Gasteiger partial charge in [0.05, 0.1) is 18.8 Å². The van der Waals surface area contributed by atoms with Gasteiger partial charge in [-0.25, -0.2) is 4.68 Å². The van der Waals surface area contributed by atoms with E-state index in [9.17, 15) is 18.0 Å². The third kappa shape index (κ3) is 4.30. The molecule has 2 N–H and O–H groups in total. The van der Waals surface area contributed by atoms with Crippen LogP contribution >= 0.6 is 11.3 Å². The molecule has 176 valence electrons. The third-order valence-corrected chi connectivity index (χ3v) is 6.83. The number of fused-ring (bicyclic) bond motifs is 1. The Morgan fingerprint density at radius 1 is 1.24 bits per heavy atom. The van der Waals surface area contributed by atoms with Gasteiger partial charge < -0.3 is 10.6 Å². The van der Waals surface area contributed by atoms with Crippen molar-refractivity contribution in [2.75, 3.05) is 10.6 Å². The molecule has 0 radical (unpaired) electrons. The molecule has 0 bridgehead atoms. The Morgan fingerprint density at radius 3 is 2.79 bits per heavy atom. The first kappa shape index (κ1) is 22.2. The van der Waals surface area contributed by atoms with Gasteiger partial charge in [-0.05, 0) is 29.5 Å². The molecule has 1 aliphatic rings. The summed E-state index contributed by atoms with van der Waals surface area (Å²) < 4.78 is 44.0. The molecular weight excluding hydrogens is 465 g/mol. The molecule has 34 heavy (non-hydrogen) atoms. The minimum atomic E-state index is -4.50. The van der Waals surface area contributed by atoms with E-state index in [1.807, 2.05) is 36.6 Å². The second-order valence-corrected chi connectivity index (χ2v) is 9.12. The molecule has 4 aromatic rings. The highest BCUT2D eigenvalue weighted by molar-refractivity contribution is 7.10. The number of carbonyl (C=O) groups excluding carboxylic acids is 1. The van der Waals surface area contributed by atoms with E-state index >= 15 is 0 Å². The van der Waals surface area contributed by atoms with Crippen LogP contribution in [0, 0.1) is 6.92 Å². The summed E-state index contributed by atoms with van der Waals surface area (Å²) in [6.07, 6.45) is -1.80. The molecule has 0 saturated carbocycles. The lowest BCUT2D eigenvalue weighted by molar-refractivity contribution is -0.173. The lowest BCUT2D eigenvalue weighted by Gasteiger charge is -2.33. The van der Waals surface area contributed by atoms with Crippen molar-refractivity contribution >= 4 is 28.9 Å². The molecule has 1 aliphatic heterocycles. The van der Waals surface area contributed by atoms with Crippen molar-refractivity contribution in [1.82, 2.24) is 19.6 Å². The first-order valence-electron chi connectivity index (χ1n) is 10.6. The number of hydrogen-bond donors (Lipinski definition) is 2. The largest absolute Gasteiger partial charge is 0.410 e. The van der Waals surface area contributed by atoms with Crippen LogP contribution in [0.4, 0.5) is 24.8 Å². The maximum Gasteiger partial charge on any atom is 0.410 e. The Morgan fingerprint density at radius 2 is 2.06 bits per heavy atom. The van der Waals surface area contributed by atoms with Crippen LogP contribution in [0.15, 0.2) is 60.2 Å². The Labute approximate surface area is 197 Å². The van der Waals surface area contributed by atoms with Gasteiger partial charge in [-0.3, -0.25) is 9.48 Å². The quantitative estimate of drug-likeness (QED) is 0.396. The van der Waals surface area contributed by atoms with Crippen molar-refractivity contribution in [2.24, 2.45) is 0 Å². The summed E-state index contributed by atoms with van der Waals surface area (Å²) in [5, 5.41) is 15.9. The summed E-state index contributed by atoms with van der Waals surface area (Å²) in [7, 11) is 0. The van der Waals surface area contributed by atoms with Crippen LogP contribution in [0.2, 0.25) is 0 Å². The Hall–Kier alpha value is -3.60. The van der Waals surface area contributed by atoms with Crippen molar-refractivity contribution in [3.05, 3.63) is 81.8 Å². The van der Waals surface area contributed by atoms with Crippen LogP contribution in [0.3, 0.4) is 0 Å². The van der Waals surface area contributed by atoms with Gasteiger partial charge in [-0.15, -0.1) is 11.3 Å². The number of thiophene rings is 1. The Balaban J connectivity index is 1.37. The summed E-state index contributed by atoms with van der Waals surface area (Å²) >= 11 is 1.37. The number of halogens is 3. The molecule has 5 rings (SSSR count). The van der Waals surface area contributed by atoms with Crippen molar-refractivity contribution in [2.45, 2.75) is 38.1 Å². The zero-order valence-corrected chi connectivity index (χ0v) is 18.9. The first-order valence-corrected chi connectivity index (χ1v) is 11.5. The fraction of sp³-hybridized carbons (Fsp3) is 0.261. The van der Waals surface area contributed by atoms with Gasteiger partial charge >= 0.3 is 6.18 Å². The van der Waals surface area contributed by atoms with Gasteiger partial charge in [-0.2, -0.15) is 23.4 Å². The zero-order valence-electron chi connectivity index (χ0n) is 18.1. The molecule has 0 fully saturated rings. The standard InChI is InChI=1S/C23H21F3N6OS/c1-14-5-2-3-6-15(14)13-31-9-8-20(30-31)29-22(33)16-12-27-32-19(23(24,25)26)11-17(28-21(16)32)18-7-4-10-34-18/h2-10,12,17,19,28H,11,13H2,1H3,(H,29,30,33)/t17-,19+/m1/s1. The first-order chi connectivity index (χ1) is 16.3. The van der Waals surface area contributed by atoms with Crippen LogP contribution in [-0.4, -0.2) is 31.6 Å². The maximum atomic E-state index is 13.8. The summed E-state index contributed by atoms with van der Waals surface area (Å²) in [6, 6.07) is 10.7. The highest BCUT2D eigenvalue weighted by atomic mass is 32.1. The molecule has 0 unspecified atom stereocenters. The average Bonchev–Trinajstić information content (AvgIpc) is 3.55. The molecule has 1 aromatic carbocycles. The SMILES string of the molecule is Cc1ccccc1Cn1ccc(NC(=O)c2cnn3c2N[C@@H](c2cccs2)C[C@H]3C(F)(F)F)n1. The number of aromatic nitrogens is 4. The van der Waals surface area contributed by atoms with E-state index in [1.165, 1.54) is 11.3 Å². The number of anilines is 2. The van der Waals surface area contributed by atoms with E-state index in [1.54, 1.807) is 29.1 Å².